The van der Waals surface area contributed by atoms with E-state index in [9.17, 15) is 9.18 Å². The Morgan fingerprint density at radius 2 is 2.10 bits per heavy atom. The zero-order valence-corrected chi connectivity index (χ0v) is 16.6. The van der Waals surface area contributed by atoms with Gasteiger partial charge in [-0.15, -0.1) is 0 Å². The number of carbonyl (C=O) groups excluding carboxylic acids is 1. The summed E-state index contributed by atoms with van der Waals surface area (Å²) in [5, 5.41) is 7.13. The Kier molecular flexibility index (Phi) is 4.50. The Morgan fingerprint density at radius 3 is 2.97 bits per heavy atom. The van der Waals surface area contributed by atoms with Crippen molar-refractivity contribution in [1.82, 2.24) is 24.9 Å². The number of morpholine rings is 1. The van der Waals surface area contributed by atoms with E-state index >= 15 is 0 Å². The molecule has 9 nitrogen and oxygen atoms in total. The summed E-state index contributed by atoms with van der Waals surface area (Å²) in [5.41, 5.74) is 1.41. The first-order valence-electron chi connectivity index (χ1n) is 9.81. The predicted octanol–water partition coefficient (Wildman–Crippen LogP) is 1.74. The molecule has 5 heterocycles. The maximum atomic E-state index is 14.2. The molecule has 0 aliphatic carbocycles. The van der Waals surface area contributed by atoms with Gasteiger partial charge in [0, 0.05) is 11.8 Å². The van der Waals surface area contributed by atoms with Crippen LogP contribution in [0.15, 0.2) is 30.7 Å². The minimum atomic E-state index is -0.456. The van der Waals surface area contributed by atoms with E-state index in [2.05, 4.69) is 20.3 Å². The molecule has 10 heteroatoms. The molecule has 2 bridgehead atoms. The third kappa shape index (κ3) is 3.13. The summed E-state index contributed by atoms with van der Waals surface area (Å²) < 4.78 is 27.4. The van der Waals surface area contributed by atoms with Crippen LogP contribution in [0.25, 0.3) is 5.65 Å². The highest BCUT2D eigenvalue weighted by Crippen LogP contribution is 2.36. The largest absolute Gasteiger partial charge is 0.475 e. The van der Waals surface area contributed by atoms with E-state index in [1.54, 1.807) is 10.7 Å². The Labute approximate surface area is 171 Å². The molecule has 1 fully saturated rings. The van der Waals surface area contributed by atoms with Gasteiger partial charge in [-0.2, -0.15) is 5.10 Å². The van der Waals surface area contributed by atoms with E-state index < -0.39 is 5.82 Å². The predicted molar refractivity (Wildman–Crippen MR) is 105 cm³/mol. The van der Waals surface area contributed by atoms with Crippen LogP contribution in [0.1, 0.15) is 35.8 Å². The molecule has 0 unspecified atom stereocenters. The van der Waals surface area contributed by atoms with Crippen molar-refractivity contribution in [2.24, 2.45) is 0 Å². The zero-order chi connectivity index (χ0) is 20.8. The van der Waals surface area contributed by atoms with E-state index in [1.807, 2.05) is 19.9 Å². The second-order valence-corrected chi connectivity index (χ2v) is 7.66. The minimum Gasteiger partial charge on any atom is -0.475 e. The van der Waals surface area contributed by atoms with E-state index in [4.69, 9.17) is 14.5 Å². The van der Waals surface area contributed by atoms with Crippen molar-refractivity contribution in [2.75, 3.05) is 24.7 Å². The number of ether oxygens (including phenoxy) is 2. The number of anilines is 1. The summed E-state index contributed by atoms with van der Waals surface area (Å²) in [7, 11) is 0. The van der Waals surface area contributed by atoms with E-state index in [0.717, 1.165) is 6.20 Å². The number of hydrogen-bond acceptors (Lipinski definition) is 7. The SMILES string of the molecule is C[C@@H]1COc2ncc(F)cc2[C@H]2COC[C@@H](C)N2c2ccn3ncc(c3n2)C(=O)N1. The number of halogens is 1. The van der Waals surface area contributed by atoms with Gasteiger partial charge in [0.2, 0.25) is 5.88 Å². The average Bonchev–Trinajstić information content (AvgIpc) is 3.15. The van der Waals surface area contributed by atoms with Crippen LogP contribution >= 0.6 is 0 Å². The van der Waals surface area contributed by atoms with Gasteiger partial charge in [0.05, 0.1) is 43.7 Å². The number of rotatable bonds is 0. The van der Waals surface area contributed by atoms with Gasteiger partial charge in [0.25, 0.3) is 5.91 Å². The van der Waals surface area contributed by atoms with Crippen LogP contribution in [-0.4, -0.2) is 57.4 Å². The second kappa shape index (κ2) is 7.21. The Balaban J connectivity index is 1.72. The van der Waals surface area contributed by atoms with E-state index in [0.29, 0.717) is 41.7 Å². The van der Waals surface area contributed by atoms with Crippen molar-refractivity contribution in [2.45, 2.75) is 32.0 Å². The van der Waals surface area contributed by atoms with Crippen LogP contribution in [0.3, 0.4) is 0 Å². The minimum absolute atomic E-state index is 0.0425. The highest BCUT2D eigenvalue weighted by molar-refractivity contribution is 5.99. The molecule has 0 saturated carbocycles. The van der Waals surface area contributed by atoms with Crippen LogP contribution < -0.4 is 15.0 Å². The first-order valence-corrected chi connectivity index (χ1v) is 9.81. The average molecular weight is 412 g/mol. The molecule has 2 aliphatic rings. The molecule has 1 amide bonds. The quantitative estimate of drug-likeness (QED) is 0.601. The van der Waals surface area contributed by atoms with Gasteiger partial charge in [0.15, 0.2) is 5.65 Å². The highest BCUT2D eigenvalue weighted by Gasteiger charge is 2.34. The molecule has 0 radical (unpaired) electrons. The molecule has 0 aromatic carbocycles. The van der Waals surface area contributed by atoms with Gasteiger partial charge in [-0.1, -0.05) is 0 Å². The maximum absolute atomic E-state index is 14.2. The molecule has 0 spiro atoms. The van der Waals surface area contributed by atoms with Gasteiger partial charge >= 0.3 is 0 Å². The fourth-order valence-corrected chi connectivity index (χ4v) is 3.96. The molecular weight excluding hydrogens is 391 g/mol. The Hall–Kier alpha value is -3.27. The maximum Gasteiger partial charge on any atom is 0.257 e. The van der Waals surface area contributed by atoms with E-state index in [1.165, 1.54) is 12.3 Å². The van der Waals surface area contributed by atoms with Gasteiger partial charge in [-0.25, -0.2) is 18.9 Å². The lowest BCUT2D eigenvalue weighted by Gasteiger charge is -2.41. The monoisotopic (exact) mass is 412 g/mol. The molecule has 30 heavy (non-hydrogen) atoms. The third-order valence-corrected chi connectivity index (χ3v) is 5.36. The summed E-state index contributed by atoms with van der Waals surface area (Å²) in [6.07, 6.45) is 4.39. The Bertz CT molecular complexity index is 1120. The number of amides is 1. The molecule has 3 aromatic heterocycles. The van der Waals surface area contributed by atoms with Crippen molar-refractivity contribution in [3.8, 4) is 5.88 Å². The normalized spacial score (nSPS) is 24.2. The third-order valence-electron chi connectivity index (χ3n) is 5.36. The van der Waals surface area contributed by atoms with Gasteiger partial charge in [-0.3, -0.25) is 4.79 Å². The van der Waals surface area contributed by atoms with Crippen LogP contribution in [0.5, 0.6) is 5.88 Å². The van der Waals surface area contributed by atoms with Gasteiger partial charge in [0.1, 0.15) is 23.8 Å². The number of nitrogens with one attached hydrogen (secondary N) is 1. The van der Waals surface area contributed by atoms with Gasteiger partial charge < -0.3 is 19.7 Å². The fraction of sp³-hybridized carbons (Fsp3) is 0.400. The number of fused-ring (bicyclic) bond motifs is 5. The van der Waals surface area contributed by atoms with Crippen molar-refractivity contribution < 1.29 is 18.7 Å². The molecule has 2 aliphatic heterocycles. The lowest BCUT2D eigenvalue weighted by atomic mass is 10.0. The lowest BCUT2D eigenvalue weighted by Crippen LogP contribution is -2.46. The molecule has 3 aromatic rings. The number of nitrogens with zero attached hydrogens (tertiary/aromatic N) is 5. The smallest absolute Gasteiger partial charge is 0.257 e. The van der Waals surface area contributed by atoms with Crippen LogP contribution in [-0.2, 0) is 4.74 Å². The summed E-state index contributed by atoms with van der Waals surface area (Å²) >= 11 is 0. The molecule has 1 saturated heterocycles. The lowest BCUT2D eigenvalue weighted by molar-refractivity contribution is 0.0690. The van der Waals surface area contributed by atoms with Crippen molar-refractivity contribution in [1.29, 1.82) is 0 Å². The zero-order valence-electron chi connectivity index (χ0n) is 16.6. The number of hydrogen-bond donors (Lipinski definition) is 1. The van der Waals surface area contributed by atoms with Crippen molar-refractivity contribution in [3.05, 3.63) is 47.7 Å². The molecule has 156 valence electrons. The van der Waals surface area contributed by atoms with E-state index in [-0.39, 0.29) is 30.6 Å². The first kappa shape index (κ1) is 18.7. The fourth-order valence-electron chi connectivity index (χ4n) is 3.96. The molecule has 5 rings (SSSR count). The van der Waals surface area contributed by atoms with Crippen LogP contribution in [0.2, 0.25) is 0 Å². The standard InChI is InChI=1S/C20H21FN6O3/c1-11-8-30-20-14(5-13(21)6-22-20)16-10-29-9-12(2)27(16)17-3-4-26-18(25-17)15(7-23-26)19(28)24-11/h3-7,11-12,16H,8-10H2,1-2H3,(H,24,28)/t11-,12-,16-/m1/s1. The Morgan fingerprint density at radius 1 is 1.23 bits per heavy atom. The van der Waals surface area contributed by atoms with Crippen molar-refractivity contribution >= 4 is 17.4 Å². The number of carbonyl (C=O) groups is 1. The molecular formula is C20H21FN6O3. The summed E-state index contributed by atoms with van der Waals surface area (Å²) in [6, 6.07) is 2.54. The summed E-state index contributed by atoms with van der Waals surface area (Å²) in [6.45, 7) is 4.83. The van der Waals surface area contributed by atoms with Crippen LogP contribution in [0, 0.1) is 5.82 Å². The summed E-state index contributed by atoms with van der Waals surface area (Å²) in [4.78, 5) is 23.8. The second-order valence-electron chi connectivity index (χ2n) is 7.66. The molecule has 1 N–H and O–H groups in total. The number of aromatic nitrogens is 4. The van der Waals surface area contributed by atoms with Crippen LogP contribution in [0.4, 0.5) is 10.2 Å². The topological polar surface area (TPSA) is 93.9 Å². The molecule has 3 atom stereocenters. The highest BCUT2D eigenvalue weighted by atomic mass is 19.1. The van der Waals surface area contributed by atoms with Gasteiger partial charge in [-0.05, 0) is 26.0 Å². The summed E-state index contributed by atoms with van der Waals surface area (Å²) in [5.74, 6) is 0.209. The van der Waals surface area contributed by atoms with Crippen molar-refractivity contribution in [3.63, 3.8) is 0 Å². The number of pyridine rings is 1. The first-order chi connectivity index (χ1) is 14.5.